The molecular formula is C18H10Br4ClFN2. The topological polar surface area (TPSA) is 24.1 Å². The molecule has 0 fully saturated rings. The van der Waals surface area contributed by atoms with Gasteiger partial charge in [0.05, 0.1) is 22.7 Å². The summed E-state index contributed by atoms with van der Waals surface area (Å²) in [6.45, 7) is 0. The van der Waals surface area contributed by atoms with Crippen LogP contribution in [0.2, 0.25) is 5.02 Å². The summed E-state index contributed by atoms with van der Waals surface area (Å²) < 4.78 is 16.9. The van der Waals surface area contributed by atoms with Gasteiger partial charge in [-0.05, 0) is 112 Å². The van der Waals surface area contributed by atoms with Crippen molar-refractivity contribution in [2.45, 2.75) is 0 Å². The highest BCUT2D eigenvalue weighted by Crippen LogP contribution is 2.38. The summed E-state index contributed by atoms with van der Waals surface area (Å²) >= 11 is 20.0. The molecule has 0 saturated carbocycles. The van der Waals surface area contributed by atoms with E-state index in [9.17, 15) is 4.39 Å². The zero-order valence-electron chi connectivity index (χ0n) is 12.9. The van der Waals surface area contributed by atoms with E-state index in [2.05, 4.69) is 74.4 Å². The van der Waals surface area contributed by atoms with Crippen LogP contribution in [0.5, 0.6) is 0 Å². The fraction of sp³-hybridized carbons (Fsp3) is 0. The molecule has 3 aromatic rings. The first-order valence-electron chi connectivity index (χ1n) is 7.26. The maximum absolute atomic E-state index is 13.5. The van der Waals surface area contributed by atoms with E-state index in [1.54, 1.807) is 6.07 Å². The van der Waals surface area contributed by atoms with Crippen LogP contribution in [0, 0.1) is 5.82 Å². The summed E-state index contributed by atoms with van der Waals surface area (Å²) in [5.41, 5.74) is 3.13. The quantitative estimate of drug-likeness (QED) is 0.302. The second kappa shape index (κ2) is 8.61. The van der Waals surface area contributed by atoms with Crippen LogP contribution in [0.1, 0.15) is 0 Å². The summed E-state index contributed by atoms with van der Waals surface area (Å²) in [4.78, 5) is 0. The van der Waals surface area contributed by atoms with Crippen molar-refractivity contribution >= 4 is 98.1 Å². The summed E-state index contributed by atoms with van der Waals surface area (Å²) in [6.07, 6.45) is 0. The Kier molecular flexibility index (Phi) is 6.67. The molecule has 0 radical (unpaired) electrons. The van der Waals surface area contributed by atoms with Gasteiger partial charge in [-0.15, -0.1) is 0 Å². The van der Waals surface area contributed by atoms with Crippen molar-refractivity contribution in [3.63, 3.8) is 0 Å². The lowest BCUT2D eigenvalue weighted by Gasteiger charge is -2.16. The molecule has 2 N–H and O–H groups in total. The lowest BCUT2D eigenvalue weighted by atomic mass is 10.2. The van der Waals surface area contributed by atoms with Gasteiger partial charge in [-0.25, -0.2) is 4.39 Å². The number of nitrogens with one attached hydrogen (secondary N) is 2. The molecule has 0 saturated heterocycles. The Morgan fingerprint density at radius 2 is 1.19 bits per heavy atom. The second-order valence-corrected chi connectivity index (χ2v) is 9.16. The highest BCUT2D eigenvalue weighted by molar-refractivity contribution is 9.11. The Labute approximate surface area is 189 Å². The van der Waals surface area contributed by atoms with Gasteiger partial charge in [-0.1, -0.05) is 11.6 Å². The number of rotatable bonds is 4. The van der Waals surface area contributed by atoms with Gasteiger partial charge in [0.2, 0.25) is 0 Å². The normalized spacial score (nSPS) is 10.7. The third-order valence-electron chi connectivity index (χ3n) is 3.45. The van der Waals surface area contributed by atoms with Crippen molar-refractivity contribution in [2.24, 2.45) is 0 Å². The molecule has 0 atom stereocenters. The molecule has 0 aliphatic rings. The minimum absolute atomic E-state index is 0.313. The monoisotopic (exact) mass is 624 g/mol. The molecule has 0 aliphatic heterocycles. The zero-order chi connectivity index (χ0) is 18.8. The number of hydrogen-bond acceptors (Lipinski definition) is 2. The predicted octanol–water partition coefficient (Wildman–Crippen LogP) is 9.02. The maximum Gasteiger partial charge on any atom is 0.125 e. The Morgan fingerprint density at radius 3 is 1.85 bits per heavy atom. The van der Waals surface area contributed by atoms with Crippen molar-refractivity contribution in [2.75, 3.05) is 10.6 Å². The van der Waals surface area contributed by atoms with Gasteiger partial charge in [0, 0.05) is 22.9 Å². The molecule has 26 heavy (non-hydrogen) atoms. The lowest BCUT2D eigenvalue weighted by molar-refractivity contribution is 0.628. The molecule has 3 aromatic carbocycles. The lowest BCUT2D eigenvalue weighted by Crippen LogP contribution is -1.97. The molecule has 134 valence electrons. The Morgan fingerprint density at radius 1 is 0.615 bits per heavy atom. The van der Waals surface area contributed by atoms with Gasteiger partial charge < -0.3 is 10.6 Å². The standard InChI is InChI=1S/C18H10Br4ClFN2/c19-11-3-2-10(24)6-16(11)26-18-8-17(13(21)7-14(18)22)25-15-4-1-9(23)5-12(15)20/h1-8,25-26H. The molecule has 0 spiro atoms. The SMILES string of the molecule is Fc1ccc(Br)c(Nc2cc(Nc3ccc(Cl)cc3Br)c(Br)cc2Br)c1. The minimum Gasteiger partial charge on any atom is -0.354 e. The Hall–Kier alpha value is -0.600. The van der Waals surface area contributed by atoms with Gasteiger partial charge in [0.15, 0.2) is 0 Å². The molecule has 0 bridgehead atoms. The average Bonchev–Trinajstić information content (AvgIpc) is 2.57. The smallest absolute Gasteiger partial charge is 0.125 e. The largest absolute Gasteiger partial charge is 0.354 e. The van der Waals surface area contributed by atoms with E-state index in [1.807, 2.05) is 30.3 Å². The van der Waals surface area contributed by atoms with Crippen LogP contribution in [0.3, 0.4) is 0 Å². The average molecular weight is 628 g/mol. The molecular weight excluding hydrogens is 618 g/mol. The first kappa shape index (κ1) is 20.1. The van der Waals surface area contributed by atoms with Crippen LogP contribution in [0.25, 0.3) is 0 Å². The molecule has 3 rings (SSSR count). The van der Waals surface area contributed by atoms with E-state index in [-0.39, 0.29) is 5.82 Å². The molecule has 8 heteroatoms. The highest BCUT2D eigenvalue weighted by Gasteiger charge is 2.11. The van der Waals surface area contributed by atoms with E-state index in [0.29, 0.717) is 10.7 Å². The van der Waals surface area contributed by atoms with Crippen LogP contribution >= 0.6 is 75.3 Å². The van der Waals surface area contributed by atoms with Gasteiger partial charge in [0.25, 0.3) is 0 Å². The maximum atomic E-state index is 13.5. The first-order chi connectivity index (χ1) is 12.3. The third-order valence-corrected chi connectivity index (χ3v) is 6.35. The summed E-state index contributed by atoms with van der Waals surface area (Å²) in [7, 11) is 0. The molecule has 0 aromatic heterocycles. The minimum atomic E-state index is -0.313. The van der Waals surface area contributed by atoms with Gasteiger partial charge in [0.1, 0.15) is 5.82 Å². The number of benzene rings is 3. The second-order valence-electron chi connectivity index (χ2n) is 5.31. The number of anilines is 4. The molecule has 2 nitrogen and oxygen atoms in total. The summed E-state index contributed by atoms with van der Waals surface area (Å²) in [5, 5.41) is 7.23. The molecule has 0 unspecified atom stereocenters. The zero-order valence-corrected chi connectivity index (χ0v) is 20.0. The van der Waals surface area contributed by atoms with Crippen LogP contribution in [0.4, 0.5) is 27.1 Å². The van der Waals surface area contributed by atoms with Crippen molar-refractivity contribution in [3.05, 3.63) is 77.3 Å². The van der Waals surface area contributed by atoms with E-state index in [4.69, 9.17) is 11.6 Å². The third kappa shape index (κ3) is 4.81. The predicted molar refractivity (Wildman–Crippen MR) is 122 cm³/mol. The Balaban J connectivity index is 1.95. The summed E-state index contributed by atoms with van der Waals surface area (Å²) in [5.74, 6) is -0.313. The van der Waals surface area contributed by atoms with Crippen molar-refractivity contribution < 1.29 is 4.39 Å². The Bertz CT molecular complexity index is 982. The van der Waals surface area contributed by atoms with Crippen LogP contribution < -0.4 is 10.6 Å². The van der Waals surface area contributed by atoms with E-state index < -0.39 is 0 Å². The van der Waals surface area contributed by atoms with Crippen molar-refractivity contribution in [3.8, 4) is 0 Å². The van der Waals surface area contributed by atoms with Crippen LogP contribution in [-0.4, -0.2) is 0 Å². The van der Waals surface area contributed by atoms with Gasteiger partial charge in [-0.2, -0.15) is 0 Å². The van der Waals surface area contributed by atoms with Crippen molar-refractivity contribution in [1.82, 2.24) is 0 Å². The fourth-order valence-corrected chi connectivity index (χ4v) is 4.53. The van der Waals surface area contributed by atoms with E-state index in [1.165, 1.54) is 12.1 Å². The number of halogens is 6. The molecule has 0 aliphatic carbocycles. The fourth-order valence-electron chi connectivity index (χ4n) is 2.21. The van der Waals surface area contributed by atoms with Crippen molar-refractivity contribution in [1.29, 1.82) is 0 Å². The van der Waals surface area contributed by atoms with E-state index in [0.717, 1.165) is 35.0 Å². The van der Waals surface area contributed by atoms with Gasteiger partial charge >= 0.3 is 0 Å². The molecule has 0 heterocycles. The van der Waals surface area contributed by atoms with E-state index >= 15 is 0 Å². The van der Waals surface area contributed by atoms with Crippen LogP contribution in [0.15, 0.2) is 66.4 Å². The van der Waals surface area contributed by atoms with Crippen LogP contribution in [-0.2, 0) is 0 Å². The number of hydrogen-bond donors (Lipinski definition) is 2. The first-order valence-corrected chi connectivity index (χ1v) is 10.8. The van der Waals surface area contributed by atoms with Gasteiger partial charge in [-0.3, -0.25) is 0 Å². The highest BCUT2D eigenvalue weighted by atomic mass is 79.9. The molecule has 0 amide bonds. The summed E-state index contributed by atoms with van der Waals surface area (Å²) in [6, 6.07) is 13.8.